The number of rotatable bonds is 6. The molecule has 1 aromatic heterocycles. The average Bonchev–Trinajstić information content (AvgIpc) is 2.63. The maximum absolute atomic E-state index is 10.7. The van der Waals surface area contributed by atoms with Crippen LogP contribution >= 0.6 is 0 Å². The Morgan fingerprint density at radius 3 is 2.76 bits per heavy atom. The topological polar surface area (TPSA) is 95.9 Å². The molecular formula is C10H19N5O2. The maximum Gasteiger partial charge on any atom is 0.405 e. The lowest BCUT2D eigenvalue weighted by molar-refractivity contribution is 0.0377. The normalized spacial score (nSPS) is 11.5. The summed E-state index contributed by atoms with van der Waals surface area (Å²) in [5.74, 6) is 0.710. The second-order valence-electron chi connectivity index (χ2n) is 4.43. The van der Waals surface area contributed by atoms with Gasteiger partial charge in [0.1, 0.15) is 5.60 Å². The second kappa shape index (κ2) is 5.60. The van der Waals surface area contributed by atoms with Crippen LogP contribution in [0.2, 0.25) is 0 Å². The Kier molecular flexibility index (Phi) is 4.42. The second-order valence-corrected chi connectivity index (χ2v) is 4.43. The van der Waals surface area contributed by atoms with Crippen LogP contribution in [0.5, 0.6) is 0 Å². The third-order valence-corrected chi connectivity index (χ3v) is 2.33. The number of amides is 1. The first-order valence-electron chi connectivity index (χ1n) is 5.68. The smallest absolute Gasteiger partial charge is 0.405 e. The largest absolute Gasteiger partial charge is 0.444 e. The Morgan fingerprint density at radius 2 is 2.24 bits per heavy atom. The number of aryl methyl sites for hydroxylation is 2. The molecule has 1 amide bonds. The Morgan fingerprint density at radius 1 is 1.53 bits per heavy atom. The fourth-order valence-corrected chi connectivity index (χ4v) is 1.51. The van der Waals surface area contributed by atoms with E-state index in [4.69, 9.17) is 10.5 Å². The first-order chi connectivity index (χ1) is 7.93. The van der Waals surface area contributed by atoms with Crippen molar-refractivity contribution in [1.82, 2.24) is 20.2 Å². The van der Waals surface area contributed by atoms with E-state index in [0.717, 1.165) is 6.42 Å². The van der Waals surface area contributed by atoms with Crippen LogP contribution in [0, 0.1) is 0 Å². The van der Waals surface area contributed by atoms with Crippen molar-refractivity contribution in [3.8, 4) is 0 Å². The van der Waals surface area contributed by atoms with Gasteiger partial charge in [0.15, 0.2) is 5.82 Å². The van der Waals surface area contributed by atoms with Crippen molar-refractivity contribution >= 4 is 6.09 Å². The van der Waals surface area contributed by atoms with Gasteiger partial charge in [-0.05, 0) is 38.8 Å². The zero-order valence-electron chi connectivity index (χ0n) is 10.5. The van der Waals surface area contributed by atoms with E-state index < -0.39 is 11.7 Å². The summed E-state index contributed by atoms with van der Waals surface area (Å²) in [4.78, 5) is 12.2. The molecule has 7 nitrogen and oxygen atoms in total. The Balaban J connectivity index is 2.34. The first kappa shape index (κ1) is 13.4. The van der Waals surface area contributed by atoms with E-state index in [-0.39, 0.29) is 0 Å². The van der Waals surface area contributed by atoms with Gasteiger partial charge in [0.2, 0.25) is 0 Å². The quantitative estimate of drug-likeness (QED) is 0.797. The first-order valence-corrected chi connectivity index (χ1v) is 5.68. The van der Waals surface area contributed by atoms with Crippen molar-refractivity contribution in [2.24, 2.45) is 5.73 Å². The molecule has 0 radical (unpaired) electrons. The van der Waals surface area contributed by atoms with E-state index in [1.54, 1.807) is 4.80 Å². The molecular weight excluding hydrogens is 222 g/mol. The number of aromatic nitrogens is 4. The SMILES string of the molecule is CCn1nnc(CCCC(C)(C)OC(N)=O)n1. The zero-order valence-corrected chi connectivity index (χ0v) is 10.5. The van der Waals surface area contributed by atoms with Crippen LogP contribution in [0.4, 0.5) is 4.79 Å². The lowest BCUT2D eigenvalue weighted by Gasteiger charge is -2.23. The van der Waals surface area contributed by atoms with Crippen LogP contribution < -0.4 is 5.73 Å². The van der Waals surface area contributed by atoms with E-state index in [1.165, 1.54) is 0 Å². The molecule has 1 heterocycles. The lowest BCUT2D eigenvalue weighted by atomic mass is 10.0. The molecule has 7 heteroatoms. The number of primary amides is 1. The third-order valence-electron chi connectivity index (χ3n) is 2.33. The number of nitrogens with zero attached hydrogens (tertiary/aromatic N) is 4. The summed E-state index contributed by atoms with van der Waals surface area (Å²) in [6, 6.07) is 0. The summed E-state index contributed by atoms with van der Waals surface area (Å²) in [5.41, 5.74) is 4.43. The standard InChI is InChI=1S/C10H19N5O2/c1-4-15-13-8(12-14-15)6-5-7-10(2,3)17-9(11)16/h4-7H2,1-3H3,(H2,11,16). The number of carbonyl (C=O) groups is 1. The molecule has 1 rings (SSSR count). The molecule has 0 bridgehead atoms. The van der Waals surface area contributed by atoms with E-state index in [9.17, 15) is 4.79 Å². The van der Waals surface area contributed by atoms with Crippen LogP contribution in [0.3, 0.4) is 0 Å². The number of tetrazole rings is 1. The van der Waals surface area contributed by atoms with Gasteiger partial charge in [-0.3, -0.25) is 0 Å². The minimum atomic E-state index is -0.745. The molecule has 2 N–H and O–H groups in total. The van der Waals surface area contributed by atoms with Gasteiger partial charge in [0.25, 0.3) is 0 Å². The van der Waals surface area contributed by atoms with Crippen LogP contribution in [-0.2, 0) is 17.7 Å². The van der Waals surface area contributed by atoms with Crippen molar-refractivity contribution in [2.75, 3.05) is 0 Å². The molecule has 0 saturated heterocycles. The van der Waals surface area contributed by atoms with E-state index in [0.29, 0.717) is 25.2 Å². The summed E-state index contributed by atoms with van der Waals surface area (Å²) in [7, 11) is 0. The van der Waals surface area contributed by atoms with Gasteiger partial charge < -0.3 is 10.5 Å². The molecule has 0 aliphatic rings. The fourth-order valence-electron chi connectivity index (χ4n) is 1.51. The Hall–Kier alpha value is -1.66. The third kappa shape index (κ3) is 4.80. The van der Waals surface area contributed by atoms with Crippen molar-refractivity contribution < 1.29 is 9.53 Å². The summed E-state index contributed by atoms with van der Waals surface area (Å²) in [5, 5.41) is 12.0. The molecule has 0 saturated carbocycles. The summed E-state index contributed by atoms with van der Waals surface area (Å²) in [6.45, 7) is 6.32. The highest BCUT2D eigenvalue weighted by Gasteiger charge is 2.21. The van der Waals surface area contributed by atoms with Gasteiger partial charge in [-0.1, -0.05) is 0 Å². The van der Waals surface area contributed by atoms with Gasteiger partial charge in [-0.25, -0.2) is 4.79 Å². The highest BCUT2D eigenvalue weighted by molar-refractivity contribution is 5.65. The minimum Gasteiger partial charge on any atom is -0.444 e. The summed E-state index contributed by atoms with van der Waals surface area (Å²) in [6.07, 6.45) is 1.49. The number of ether oxygens (including phenoxy) is 1. The molecule has 0 aliphatic heterocycles. The Labute approximate surface area is 100 Å². The fraction of sp³-hybridized carbons (Fsp3) is 0.800. The van der Waals surface area contributed by atoms with Gasteiger partial charge in [-0.15, -0.1) is 10.2 Å². The molecule has 1 aromatic rings. The molecule has 0 atom stereocenters. The van der Waals surface area contributed by atoms with Crippen molar-refractivity contribution in [2.45, 2.75) is 52.2 Å². The molecule has 0 unspecified atom stereocenters. The van der Waals surface area contributed by atoms with Gasteiger partial charge >= 0.3 is 6.09 Å². The zero-order chi connectivity index (χ0) is 12.9. The van der Waals surface area contributed by atoms with Gasteiger partial charge in [0.05, 0.1) is 6.54 Å². The number of nitrogens with two attached hydrogens (primary N) is 1. The average molecular weight is 241 g/mol. The monoisotopic (exact) mass is 241 g/mol. The van der Waals surface area contributed by atoms with Gasteiger partial charge in [0, 0.05) is 6.42 Å². The van der Waals surface area contributed by atoms with Crippen LogP contribution in [-0.4, -0.2) is 31.9 Å². The number of hydrogen-bond acceptors (Lipinski definition) is 5. The number of hydrogen-bond donors (Lipinski definition) is 1. The summed E-state index contributed by atoms with van der Waals surface area (Å²) >= 11 is 0. The predicted molar refractivity (Wildman–Crippen MR) is 61.2 cm³/mol. The van der Waals surface area contributed by atoms with Gasteiger partial charge in [-0.2, -0.15) is 4.80 Å². The molecule has 0 aromatic carbocycles. The molecule has 0 spiro atoms. The highest BCUT2D eigenvalue weighted by atomic mass is 16.6. The molecule has 17 heavy (non-hydrogen) atoms. The van der Waals surface area contributed by atoms with Crippen LogP contribution in [0.15, 0.2) is 0 Å². The maximum atomic E-state index is 10.7. The van der Waals surface area contributed by atoms with Crippen LogP contribution in [0.1, 0.15) is 39.4 Å². The number of carbonyl (C=O) groups excluding carboxylic acids is 1. The highest BCUT2D eigenvalue weighted by Crippen LogP contribution is 2.17. The summed E-state index contributed by atoms with van der Waals surface area (Å²) < 4.78 is 4.98. The minimum absolute atomic E-state index is 0.549. The van der Waals surface area contributed by atoms with E-state index >= 15 is 0 Å². The van der Waals surface area contributed by atoms with Crippen LogP contribution in [0.25, 0.3) is 0 Å². The Bertz CT molecular complexity index is 375. The predicted octanol–water partition coefficient (Wildman–Crippen LogP) is 0.890. The van der Waals surface area contributed by atoms with Crippen molar-refractivity contribution in [3.05, 3.63) is 5.82 Å². The van der Waals surface area contributed by atoms with E-state index in [1.807, 2.05) is 20.8 Å². The van der Waals surface area contributed by atoms with Crippen molar-refractivity contribution in [1.29, 1.82) is 0 Å². The molecule has 0 fully saturated rings. The van der Waals surface area contributed by atoms with Crippen molar-refractivity contribution in [3.63, 3.8) is 0 Å². The lowest BCUT2D eigenvalue weighted by Crippen LogP contribution is -2.31. The van der Waals surface area contributed by atoms with E-state index in [2.05, 4.69) is 15.4 Å². The molecule has 0 aliphatic carbocycles. The molecule has 96 valence electrons.